The Morgan fingerprint density at radius 1 is 0.867 bits per heavy atom. The summed E-state index contributed by atoms with van der Waals surface area (Å²) in [5.74, 6) is 2.62. The molecule has 0 aliphatic heterocycles. The molecule has 2 aliphatic carbocycles. The maximum atomic E-state index is 8.97. The Bertz CT molecular complexity index is 710. The Labute approximate surface area is 185 Å². The second kappa shape index (κ2) is 12.8. The first-order valence-corrected chi connectivity index (χ1v) is 12.7. The molecule has 1 heteroatoms. The summed E-state index contributed by atoms with van der Waals surface area (Å²) in [5, 5.41) is 8.97. The van der Waals surface area contributed by atoms with Gasteiger partial charge >= 0.3 is 0 Å². The van der Waals surface area contributed by atoms with Crippen LogP contribution in [0.1, 0.15) is 108 Å². The first kappa shape index (κ1) is 22.9. The largest absolute Gasteiger partial charge is 0.192 e. The van der Waals surface area contributed by atoms with E-state index < -0.39 is 0 Å². The normalized spacial score (nSPS) is 23.7. The Morgan fingerprint density at radius 3 is 2.13 bits per heavy atom. The SMILES string of the molecule is CCCCCCCCCC[C@H]1CC[C@H](C2C=CC(c3ccc(C#N)cc3)=CC2)CC1. The lowest BCUT2D eigenvalue weighted by Gasteiger charge is -2.33. The second-order valence-corrected chi connectivity index (χ2v) is 9.65. The van der Waals surface area contributed by atoms with Crippen LogP contribution < -0.4 is 0 Å². The lowest BCUT2D eigenvalue weighted by molar-refractivity contribution is 0.218. The number of rotatable bonds is 11. The number of unbranched alkanes of at least 4 members (excludes halogenated alkanes) is 7. The summed E-state index contributed by atoms with van der Waals surface area (Å²) < 4.78 is 0. The van der Waals surface area contributed by atoms with E-state index in [0.29, 0.717) is 0 Å². The van der Waals surface area contributed by atoms with Crippen molar-refractivity contribution < 1.29 is 0 Å². The predicted octanol–water partition coefficient (Wildman–Crippen LogP) is 8.85. The first-order chi connectivity index (χ1) is 14.8. The van der Waals surface area contributed by atoms with Crippen LogP contribution in [0, 0.1) is 29.1 Å². The van der Waals surface area contributed by atoms with Gasteiger partial charge in [-0.25, -0.2) is 0 Å². The van der Waals surface area contributed by atoms with Gasteiger partial charge in [-0.3, -0.25) is 0 Å². The minimum Gasteiger partial charge on any atom is -0.192 e. The van der Waals surface area contributed by atoms with Gasteiger partial charge in [0.15, 0.2) is 0 Å². The van der Waals surface area contributed by atoms with Crippen LogP contribution in [-0.2, 0) is 0 Å². The van der Waals surface area contributed by atoms with Crippen molar-refractivity contribution in [2.75, 3.05) is 0 Å². The highest BCUT2D eigenvalue weighted by Gasteiger charge is 2.26. The molecule has 0 radical (unpaired) electrons. The maximum Gasteiger partial charge on any atom is 0.0991 e. The molecule has 0 bridgehead atoms. The molecule has 0 spiro atoms. The number of nitriles is 1. The molecule has 0 amide bonds. The Balaban J connectivity index is 1.31. The molecule has 1 fully saturated rings. The van der Waals surface area contributed by atoms with Crippen molar-refractivity contribution in [2.45, 2.75) is 96.8 Å². The molecule has 1 saturated carbocycles. The molecule has 0 heterocycles. The molecule has 0 aromatic heterocycles. The average molecular weight is 404 g/mol. The van der Waals surface area contributed by atoms with Crippen molar-refractivity contribution in [1.29, 1.82) is 5.26 Å². The molecule has 1 nitrogen and oxygen atoms in total. The van der Waals surface area contributed by atoms with Crippen LogP contribution in [0.5, 0.6) is 0 Å². The van der Waals surface area contributed by atoms with Gasteiger partial charge in [0.1, 0.15) is 0 Å². The van der Waals surface area contributed by atoms with Crippen molar-refractivity contribution >= 4 is 5.57 Å². The van der Waals surface area contributed by atoms with Crippen LogP contribution in [0.4, 0.5) is 0 Å². The van der Waals surface area contributed by atoms with Crippen LogP contribution in [0.2, 0.25) is 0 Å². The molecule has 2 aliphatic rings. The summed E-state index contributed by atoms with van der Waals surface area (Å²) >= 11 is 0. The zero-order chi connectivity index (χ0) is 21.0. The van der Waals surface area contributed by atoms with E-state index >= 15 is 0 Å². The lowest BCUT2D eigenvalue weighted by atomic mass is 9.72. The van der Waals surface area contributed by atoms with Gasteiger partial charge < -0.3 is 0 Å². The molecular formula is C29H41N. The molecule has 162 valence electrons. The van der Waals surface area contributed by atoms with Crippen molar-refractivity contribution in [3.05, 3.63) is 53.6 Å². The number of benzene rings is 1. The molecular weight excluding hydrogens is 362 g/mol. The minimum absolute atomic E-state index is 0.733. The van der Waals surface area contributed by atoms with Crippen molar-refractivity contribution in [3.8, 4) is 6.07 Å². The van der Waals surface area contributed by atoms with E-state index in [4.69, 9.17) is 5.26 Å². The van der Waals surface area contributed by atoms with Crippen LogP contribution in [0.15, 0.2) is 42.5 Å². The number of hydrogen-bond acceptors (Lipinski definition) is 1. The van der Waals surface area contributed by atoms with E-state index in [1.54, 1.807) is 0 Å². The molecule has 30 heavy (non-hydrogen) atoms. The third-order valence-corrected chi connectivity index (χ3v) is 7.44. The highest BCUT2D eigenvalue weighted by molar-refractivity contribution is 5.75. The van der Waals surface area contributed by atoms with Crippen LogP contribution >= 0.6 is 0 Å². The summed E-state index contributed by atoms with van der Waals surface area (Å²) in [6.45, 7) is 2.30. The van der Waals surface area contributed by atoms with E-state index in [0.717, 1.165) is 23.3 Å². The van der Waals surface area contributed by atoms with Crippen molar-refractivity contribution in [1.82, 2.24) is 0 Å². The standard InChI is InChI=1S/C29H41N/c1-2-3-4-5-6-7-8-9-10-24-11-15-26(16-12-24)28-19-21-29(22-20-28)27-17-13-25(23-30)14-18-27/h13-14,17-19,21-22,24,26,28H,2-12,15-16,20H2,1H3/t24-,26-,28?. The number of hydrogen-bond donors (Lipinski definition) is 0. The van der Waals surface area contributed by atoms with Gasteiger partial charge in [0.2, 0.25) is 0 Å². The third-order valence-electron chi connectivity index (χ3n) is 7.44. The zero-order valence-electron chi connectivity index (χ0n) is 19.1. The molecule has 3 rings (SSSR count). The fourth-order valence-corrected chi connectivity index (χ4v) is 5.41. The monoisotopic (exact) mass is 403 g/mol. The van der Waals surface area contributed by atoms with Gasteiger partial charge in [0.25, 0.3) is 0 Å². The average Bonchev–Trinajstić information content (AvgIpc) is 2.81. The molecule has 0 N–H and O–H groups in total. The zero-order valence-corrected chi connectivity index (χ0v) is 19.1. The van der Waals surface area contributed by atoms with Crippen LogP contribution in [0.3, 0.4) is 0 Å². The van der Waals surface area contributed by atoms with E-state index in [2.05, 4.69) is 43.4 Å². The quantitative estimate of drug-likeness (QED) is 0.338. The Morgan fingerprint density at radius 2 is 1.53 bits per heavy atom. The van der Waals surface area contributed by atoms with Crippen molar-refractivity contribution in [2.24, 2.45) is 17.8 Å². The summed E-state index contributed by atoms with van der Waals surface area (Å²) in [6, 6.07) is 10.2. The van der Waals surface area contributed by atoms with Gasteiger partial charge in [-0.05, 0) is 60.3 Å². The highest BCUT2D eigenvalue weighted by Crippen LogP contribution is 2.39. The van der Waals surface area contributed by atoms with Gasteiger partial charge in [0.05, 0.1) is 11.6 Å². The minimum atomic E-state index is 0.733. The maximum absolute atomic E-state index is 8.97. The smallest absolute Gasteiger partial charge is 0.0991 e. The van der Waals surface area contributed by atoms with Gasteiger partial charge in [-0.15, -0.1) is 0 Å². The van der Waals surface area contributed by atoms with Gasteiger partial charge in [-0.1, -0.05) is 108 Å². The Kier molecular flexibility index (Phi) is 9.75. The molecule has 1 aromatic rings. The topological polar surface area (TPSA) is 23.8 Å². The van der Waals surface area contributed by atoms with E-state index in [9.17, 15) is 0 Å². The van der Waals surface area contributed by atoms with Gasteiger partial charge in [-0.2, -0.15) is 5.26 Å². The summed E-state index contributed by atoms with van der Waals surface area (Å²) in [7, 11) is 0. The fourth-order valence-electron chi connectivity index (χ4n) is 5.41. The molecule has 0 saturated heterocycles. The van der Waals surface area contributed by atoms with Crippen LogP contribution in [0.25, 0.3) is 5.57 Å². The van der Waals surface area contributed by atoms with Gasteiger partial charge in [0, 0.05) is 0 Å². The van der Waals surface area contributed by atoms with Crippen LogP contribution in [-0.4, -0.2) is 0 Å². The van der Waals surface area contributed by atoms with Crippen molar-refractivity contribution in [3.63, 3.8) is 0 Å². The molecule has 1 unspecified atom stereocenters. The number of nitrogens with zero attached hydrogens (tertiary/aromatic N) is 1. The summed E-state index contributed by atoms with van der Waals surface area (Å²) in [6.07, 6.45) is 27.1. The first-order valence-electron chi connectivity index (χ1n) is 12.7. The second-order valence-electron chi connectivity index (χ2n) is 9.65. The molecule has 1 aromatic carbocycles. The Hall–Kier alpha value is -1.81. The summed E-state index contributed by atoms with van der Waals surface area (Å²) in [4.78, 5) is 0. The summed E-state index contributed by atoms with van der Waals surface area (Å²) in [5.41, 5.74) is 3.29. The third kappa shape index (κ3) is 7.16. The lowest BCUT2D eigenvalue weighted by Crippen LogP contribution is -2.21. The predicted molar refractivity (Wildman–Crippen MR) is 129 cm³/mol. The molecule has 1 atom stereocenters. The number of allylic oxidation sites excluding steroid dienone is 4. The highest BCUT2D eigenvalue weighted by atomic mass is 14.3. The van der Waals surface area contributed by atoms with E-state index in [-0.39, 0.29) is 0 Å². The van der Waals surface area contributed by atoms with E-state index in [1.807, 2.05) is 12.1 Å². The fraction of sp³-hybridized carbons (Fsp3) is 0.621. The van der Waals surface area contributed by atoms with E-state index in [1.165, 1.54) is 101 Å².